The quantitative estimate of drug-likeness (QED) is 0.509. The normalized spacial score (nSPS) is 23.2. The number of carbonyl (C=O) groups is 1. The third-order valence-corrected chi connectivity index (χ3v) is 8.98. The Morgan fingerprint density at radius 1 is 1.12 bits per heavy atom. The van der Waals surface area contributed by atoms with E-state index >= 15 is 0 Å². The van der Waals surface area contributed by atoms with Crippen LogP contribution < -0.4 is 5.32 Å². The number of nitrogens with zero attached hydrogens (tertiary/aromatic N) is 4. The predicted octanol–water partition coefficient (Wildman–Crippen LogP) is 3.54. The SMILES string of the molecule is O=C(CN1CCC[C@@H](Nc2nnc(-c3ccc(C(F)(F)F)cc3O)c3c2COC3)C1)N1CCC2(CC1)CC(O)C2. The fourth-order valence-electron chi connectivity index (χ4n) is 6.69. The van der Waals surface area contributed by atoms with Gasteiger partial charge in [-0.25, -0.2) is 0 Å². The number of fused-ring (bicyclic) bond motifs is 1. The average molecular weight is 562 g/mol. The summed E-state index contributed by atoms with van der Waals surface area (Å²) < 4.78 is 44.8. The topological polar surface area (TPSA) is 111 Å². The Bertz CT molecular complexity index is 1270. The first-order chi connectivity index (χ1) is 19.1. The van der Waals surface area contributed by atoms with E-state index in [1.54, 1.807) is 0 Å². The Balaban J connectivity index is 1.10. The number of likely N-dealkylation sites (tertiary alicyclic amines) is 2. The molecule has 1 aliphatic carbocycles. The number of phenolic OH excluding ortho intramolecular Hbond substituents is 1. The Morgan fingerprint density at radius 3 is 2.58 bits per heavy atom. The summed E-state index contributed by atoms with van der Waals surface area (Å²) in [6.07, 6.45) is 0.741. The van der Waals surface area contributed by atoms with Crippen molar-refractivity contribution < 1.29 is 32.9 Å². The van der Waals surface area contributed by atoms with Gasteiger partial charge in [0.1, 0.15) is 11.4 Å². The average Bonchev–Trinajstić information content (AvgIpc) is 3.39. The molecule has 3 fully saturated rings. The van der Waals surface area contributed by atoms with Gasteiger partial charge in [-0.3, -0.25) is 9.69 Å². The molecule has 0 radical (unpaired) electrons. The number of anilines is 1. The number of alkyl halides is 3. The maximum absolute atomic E-state index is 13.0. The molecule has 2 aromatic rings. The molecule has 216 valence electrons. The number of benzene rings is 1. The van der Waals surface area contributed by atoms with E-state index in [4.69, 9.17) is 4.74 Å². The Hall–Kier alpha value is -2.96. The van der Waals surface area contributed by atoms with E-state index in [1.807, 2.05) is 4.90 Å². The van der Waals surface area contributed by atoms with Crippen LogP contribution in [0.3, 0.4) is 0 Å². The molecule has 1 saturated carbocycles. The molecule has 0 unspecified atom stereocenters. The van der Waals surface area contributed by atoms with E-state index in [1.165, 1.54) is 6.07 Å². The third kappa shape index (κ3) is 5.36. The number of halogens is 3. The molecule has 3 aliphatic heterocycles. The number of nitrogens with one attached hydrogen (secondary N) is 1. The standard InChI is InChI=1S/C28H34F3N5O4/c29-28(30,31)17-3-4-20(23(38)10-17)25-21-15-40-16-22(21)26(34-33-25)32-18-2-1-7-35(13-18)14-24(39)36-8-5-27(6-9-36)11-19(37)12-27/h3-4,10,18-19,37-38H,1-2,5-9,11-16H2,(H,32,34)/t18-/m1/s1. The summed E-state index contributed by atoms with van der Waals surface area (Å²) in [6, 6.07) is 2.87. The lowest BCUT2D eigenvalue weighted by atomic mass is 9.61. The fourth-order valence-corrected chi connectivity index (χ4v) is 6.69. The second-order valence-electron chi connectivity index (χ2n) is 11.7. The van der Waals surface area contributed by atoms with Crippen LogP contribution in [-0.4, -0.2) is 81.0 Å². The lowest BCUT2D eigenvalue weighted by Crippen LogP contribution is -2.53. The van der Waals surface area contributed by atoms with Crippen LogP contribution in [0.4, 0.5) is 19.0 Å². The van der Waals surface area contributed by atoms with Gasteiger partial charge in [0, 0.05) is 42.4 Å². The van der Waals surface area contributed by atoms with Crippen LogP contribution in [0.25, 0.3) is 11.3 Å². The highest BCUT2D eigenvalue weighted by molar-refractivity contribution is 5.78. The van der Waals surface area contributed by atoms with Gasteiger partial charge in [0.15, 0.2) is 5.82 Å². The molecule has 1 aromatic heterocycles. The van der Waals surface area contributed by atoms with Crippen molar-refractivity contribution in [2.75, 3.05) is 38.0 Å². The summed E-state index contributed by atoms with van der Waals surface area (Å²) in [5, 5.41) is 32.1. The number of aliphatic hydroxyl groups is 1. The molecule has 6 rings (SSSR count). The molecule has 0 bridgehead atoms. The smallest absolute Gasteiger partial charge is 0.416 e. The summed E-state index contributed by atoms with van der Waals surface area (Å²) >= 11 is 0. The Labute approximate surface area is 230 Å². The molecule has 12 heteroatoms. The number of rotatable bonds is 5. The molecule has 3 N–H and O–H groups in total. The number of carbonyl (C=O) groups excluding carboxylic acids is 1. The number of phenols is 1. The Morgan fingerprint density at radius 2 is 1.88 bits per heavy atom. The van der Waals surface area contributed by atoms with Crippen molar-refractivity contribution >= 4 is 11.7 Å². The summed E-state index contributed by atoms with van der Waals surface area (Å²) in [5.41, 5.74) is 1.25. The number of aromatic nitrogens is 2. The van der Waals surface area contributed by atoms with Crippen molar-refractivity contribution in [3.63, 3.8) is 0 Å². The monoisotopic (exact) mass is 561 g/mol. The maximum atomic E-state index is 13.0. The molecule has 1 aromatic carbocycles. The van der Waals surface area contributed by atoms with Crippen molar-refractivity contribution in [3.8, 4) is 17.0 Å². The second kappa shape index (κ2) is 10.5. The van der Waals surface area contributed by atoms with Crippen molar-refractivity contribution in [3.05, 3.63) is 34.9 Å². The third-order valence-electron chi connectivity index (χ3n) is 8.98. The number of piperidine rings is 2. The predicted molar refractivity (Wildman–Crippen MR) is 139 cm³/mol. The van der Waals surface area contributed by atoms with E-state index in [9.17, 15) is 28.2 Å². The zero-order valence-electron chi connectivity index (χ0n) is 22.2. The number of amides is 1. The van der Waals surface area contributed by atoms with Crippen molar-refractivity contribution in [2.45, 2.75) is 70.1 Å². The number of ether oxygens (including phenoxy) is 1. The highest BCUT2D eigenvalue weighted by Gasteiger charge is 2.45. The molecular formula is C28H34F3N5O4. The molecular weight excluding hydrogens is 527 g/mol. The van der Waals surface area contributed by atoms with E-state index in [2.05, 4.69) is 20.4 Å². The van der Waals surface area contributed by atoms with Crippen molar-refractivity contribution in [2.24, 2.45) is 5.41 Å². The largest absolute Gasteiger partial charge is 0.507 e. The fraction of sp³-hybridized carbons (Fsp3) is 0.607. The van der Waals surface area contributed by atoms with Gasteiger partial charge in [0.05, 0.1) is 31.4 Å². The molecule has 4 heterocycles. The zero-order valence-corrected chi connectivity index (χ0v) is 22.2. The van der Waals surface area contributed by atoms with Gasteiger partial charge >= 0.3 is 6.18 Å². The lowest BCUT2D eigenvalue weighted by Gasteiger charge is -2.50. The molecule has 2 saturated heterocycles. The van der Waals surface area contributed by atoms with Crippen LogP contribution in [0.1, 0.15) is 55.2 Å². The Kier molecular flexibility index (Phi) is 7.12. The van der Waals surface area contributed by atoms with Crippen LogP contribution in [-0.2, 0) is 28.9 Å². The minimum Gasteiger partial charge on any atom is -0.507 e. The van der Waals surface area contributed by atoms with Crippen LogP contribution in [0.5, 0.6) is 5.75 Å². The zero-order chi connectivity index (χ0) is 28.1. The lowest BCUT2D eigenvalue weighted by molar-refractivity contribution is -0.139. The first kappa shape index (κ1) is 27.2. The van der Waals surface area contributed by atoms with E-state index < -0.39 is 17.5 Å². The number of aliphatic hydroxyl groups excluding tert-OH is 1. The maximum Gasteiger partial charge on any atom is 0.416 e. The van der Waals surface area contributed by atoms with E-state index in [-0.39, 0.29) is 42.2 Å². The van der Waals surface area contributed by atoms with Crippen LogP contribution in [0, 0.1) is 5.41 Å². The van der Waals surface area contributed by atoms with E-state index in [0.29, 0.717) is 36.2 Å². The molecule has 9 nitrogen and oxygen atoms in total. The van der Waals surface area contributed by atoms with Gasteiger partial charge < -0.3 is 25.2 Å². The number of aromatic hydroxyl groups is 1. The summed E-state index contributed by atoms with van der Waals surface area (Å²) in [7, 11) is 0. The summed E-state index contributed by atoms with van der Waals surface area (Å²) in [4.78, 5) is 17.2. The summed E-state index contributed by atoms with van der Waals surface area (Å²) in [5.74, 6) is 0.190. The van der Waals surface area contributed by atoms with Gasteiger partial charge in [-0.2, -0.15) is 13.2 Å². The molecule has 40 heavy (non-hydrogen) atoms. The second-order valence-corrected chi connectivity index (χ2v) is 11.7. The molecule has 1 amide bonds. The first-order valence-corrected chi connectivity index (χ1v) is 13.9. The molecule has 4 aliphatic rings. The van der Waals surface area contributed by atoms with Gasteiger partial charge in [-0.15, -0.1) is 10.2 Å². The number of hydrogen-bond donors (Lipinski definition) is 3. The first-order valence-electron chi connectivity index (χ1n) is 13.9. The minimum absolute atomic E-state index is 0.0481. The highest BCUT2D eigenvalue weighted by Crippen LogP contribution is 2.49. The van der Waals surface area contributed by atoms with E-state index in [0.717, 1.165) is 69.8 Å². The van der Waals surface area contributed by atoms with Crippen molar-refractivity contribution in [1.82, 2.24) is 20.0 Å². The molecule has 1 spiro atoms. The minimum atomic E-state index is -4.56. The molecule has 1 atom stereocenters. The highest BCUT2D eigenvalue weighted by atomic mass is 19.4. The van der Waals surface area contributed by atoms with Crippen LogP contribution >= 0.6 is 0 Å². The van der Waals surface area contributed by atoms with Gasteiger partial charge in [0.2, 0.25) is 5.91 Å². The van der Waals surface area contributed by atoms with Crippen molar-refractivity contribution in [1.29, 1.82) is 0 Å². The van der Waals surface area contributed by atoms with Gasteiger partial charge in [-0.05, 0) is 68.7 Å². The van der Waals surface area contributed by atoms with Crippen LogP contribution in [0.15, 0.2) is 18.2 Å². The van der Waals surface area contributed by atoms with Gasteiger partial charge in [-0.1, -0.05) is 0 Å². The summed E-state index contributed by atoms with van der Waals surface area (Å²) in [6.45, 7) is 3.89. The van der Waals surface area contributed by atoms with Gasteiger partial charge in [0.25, 0.3) is 0 Å². The van der Waals surface area contributed by atoms with Crippen LogP contribution in [0.2, 0.25) is 0 Å². The number of hydrogen-bond acceptors (Lipinski definition) is 8.